The summed E-state index contributed by atoms with van der Waals surface area (Å²) in [6.07, 6.45) is 2.25. The summed E-state index contributed by atoms with van der Waals surface area (Å²) >= 11 is 0. The Balaban J connectivity index is 1.79. The molecule has 3 rings (SSSR count). The quantitative estimate of drug-likeness (QED) is 0.621. The van der Waals surface area contributed by atoms with Gasteiger partial charge in [0.1, 0.15) is 0 Å². The van der Waals surface area contributed by atoms with Crippen molar-refractivity contribution < 1.29 is 0 Å². The molecule has 3 N–H and O–H groups in total. The lowest BCUT2D eigenvalue weighted by atomic mass is 9.97. The normalized spacial score (nSPS) is 12.8. The van der Waals surface area contributed by atoms with Crippen molar-refractivity contribution in [3.8, 4) is 0 Å². The summed E-state index contributed by atoms with van der Waals surface area (Å²) in [5, 5.41) is 3.58. The van der Waals surface area contributed by atoms with Gasteiger partial charge in [-0.05, 0) is 41.3 Å². The Labute approximate surface area is 150 Å². The Bertz CT molecular complexity index is 806. The van der Waals surface area contributed by atoms with Crippen LogP contribution in [0.2, 0.25) is 0 Å². The monoisotopic (exact) mass is 328 g/mol. The van der Waals surface area contributed by atoms with Crippen molar-refractivity contribution in [1.29, 1.82) is 0 Å². The SMILES string of the molecule is CC(NC/C=C(\c1ccccc1)c1ccc(N)cc1)c1ccccc1. The van der Waals surface area contributed by atoms with E-state index in [1.165, 1.54) is 22.3 Å². The van der Waals surface area contributed by atoms with E-state index < -0.39 is 0 Å². The molecule has 0 saturated carbocycles. The molecule has 0 saturated heterocycles. The molecule has 2 nitrogen and oxygen atoms in total. The standard InChI is InChI=1S/C23H24N2/c1-18(19-8-4-2-5-9-19)25-17-16-23(20-10-6-3-7-11-20)21-12-14-22(24)15-13-21/h2-16,18,25H,17,24H2,1H3/b23-16+. The minimum Gasteiger partial charge on any atom is -0.399 e. The molecule has 0 aliphatic carbocycles. The van der Waals surface area contributed by atoms with Crippen LogP contribution >= 0.6 is 0 Å². The third-order valence-electron chi connectivity index (χ3n) is 4.34. The molecule has 0 bridgehead atoms. The first kappa shape index (κ1) is 17.0. The molecule has 2 heteroatoms. The van der Waals surface area contributed by atoms with E-state index >= 15 is 0 Å². The van der Waals surface area contributed by atoms with E-state index in [2.05, 4.69) is 79.0 Å². The van der Waals surface area contributed by atoms with Crippen LogP contribution in [-0.2, 0) is 0 Å². The van der Waals surface area contributed by atoms with Gasteiger partial charge in [-0.1, -0.05) is 78.9 Å². The van der Waals surface area contributed by atoms with Crippen molar-refractivity contribution in [2.45, 2.75) is 13.0 Å². The van der Waals surface area contributed by atoms with Crippen molar-refractivity contribution in [3.63, 3.8) is 0 Å². The van der Waals surface area contributed by atoms with E-state index in [1.807, 2.05) is 24.3 Å². The van der Waals surface area contributed by atoms with Gasteiger partial charge in [-0.3, -0.25) is 0 Å². The maximum absolute atomic E-state index is 5.84. The van der Waals surface area contributed by atoms with Crippen molar-refractivity contribution >= 4 is 11.3 Å². The highest BCUT2D eigenvalue weighted by Gasteiger charge is 2.06. The summed E-state index contributed by atoms with van der Waals surface area (Å²) in [6, 6.07) is 29.3. The zero-order chi connectivity index (χ0) is 17.5. The zero-order valence-electron chi connectivity index (χ0n) is 14.5. The van der Waals surface area contributed by atoms with E-state index in [0.29, 0.717) is 6.04 Å². The summed E-state index contributed by atoms with van der Waals surface area (Å²) in [6.45, 7) is 2.99. The lowest BCUT2D eigenvalue weighted by molar-refractivity contribution is 0.618. The molecule has 25 heavy (non-hydrogen) atoms. The third-order valence-corrected chi connectivity index (χ3v) is 4.34. The first-order chi connectivity index (χ1) is 12.2. The Morgan fingerprint density at radius 1 is 0.840 bits per heavy atom. The fourth-order valence-electron chi connectivity index (χ4n) is 2.88. The minimum atomic E-state index is 0.306. The number of hydrogen-bond donors (Lipinski definition) is 2. The topological polar surface area (TPSA) is 38.0 Å². The maximum Gasteiger partial charge on any atom is 0.0314 e. The first-order valence-corrected chi connectivity index (χ1v) is 8.64. The van der Waals surface area contributed by atoms with Gasteiger partial charge in [0.15, 0.2) is 0 Å². The number of nitrogens with two attached hydrogens (primary N) is 1. The van der Waals surface area contributed by atoms with Gasteiger partial charge in [-0.2, -0.15) is 0 Å². The lowest BCUT2D eigenvalue weighted by Crippen LogP contribution is -2.18. The van der Waals surface area contributed by atoms with Crippen LogP contribution in [0.4, 0.5) is 5.69 Å². The number of nitrogens with one attached hydrogen (secondary N) is 1. The molecule has 1 atom stereocenters. The van der Waals surface area contributed by atoms with Gasteiger partial charge in [0, 0.05) is 18.3 Å². The summed E-state index contributed by atoms with van der Waals surface area (Å²) < 4.78 is 0. The van der Waals surface area contributed by atoms with Crippen LogP contribution in [-0.4, -0.2) is 6.54 Å². The predicted octanol–water partition coefficient (Wildman–Crippen LogP) is 5.05. The van der Waals surface area contributed by atoms with Crippen molar-refractivity contribution in [1.82, 2.24) is 5.32 Å². The van der Waals surface area contributed by atoms with Crippen molar-refractivity contribution in [2.24, 2.45) is 0 Å². The summed E-state index contributed by atoms with van der Waals surface area (Å²) in [5.41, 5.74) is 11.5. The Hall–Kier alpha value is -2.84. The van der Waals surface area contributed by atoms with Crippen LogP contribution in [0.25, 0.3) is 5.57 Å². The van der Waals surface area contributed by atoms with Gasteiger partial charge in [-0.15, -0.1) is 0 Å². The minimum absolute atomic E-state index is 0.306. The second-order valence-electron chi connectivity index (χ2n) is 6.15. The fourth-order valence-corrected chi connectivity index (χ4v) is 2.88. The van der Waals surface area contributed by atoms with Gasteiger partial charge in [0.05, 0.1) is 0 Å². The summed E-state index contributed by atoms with van der Waals surface area (Å²) in [4.78, 5) is 0. The summed E-state index contributed by atoms with van der Waals surface area (Å²) in [7, 11) is 0. The van der Waals surface area contributed by atoms with E-state index in [9.17, 15) is 0 Å². The van der Waals surface area contributed by atoms with Gasteiger partial charge < -0.3 is 11.1 Å². The molecule has 0 aromatic heterocycles. The second kappa shape index (κ2) is 8.32. The van der Waals surface area contributed by atoms with Crippen LogP contribution in [0.15, 0.2) is 91.0 Å². The Morgan fingerprint density at radius 3 is 2.04 bits per heavy atom. The second-order valence-corrected chi connectivity index (χ2v) is 6.15. The molecule has 0 radical (unpaired) electrons. The number of anilines is 1. The molecule has 126 valence electrons. The molecule has 0 aliphatic rings. The molecule has 1 unspecified atom stereocenters. The van der Waals surface area contributed by atoms with Gasteiger partial charge in [-0.25, -0.2) is 0 Å². The van der Waals surface area contributed by atoms with Crippen LogP contribution in [0.5, 0.6) is 0 Å². The van der Waals surface area contributed by atoms with Gasteiger partial charge in [0.25, 0.3) is 0 Å². The Kier molecular flexibility index (Phi) is 5.65. The highest BCUT2D eigenvalue weighted by Crippen LogP contribution is 2.24. The first-order valence-electron chi connectivity index (χ1n) is 8.64. The van der Waals surface area contributed by atoms with Gasteiger partial charge >= 0.3 is 0 Å². The van der Waals surface area contributed by atoms with Crippen molar-refractivity contribution in [3.05, 3.63) is 108 Å². The van der Waals surface area contributed by atoms with E-state index in [4.69, 9.17) is 5.73 Å². The van der Waals surface area contributed by atoms with Crippen molar-refractivity contribution in [2.75, 3.05) is 12.3 Å². The molecule has 0 aliphatic heterocycles. The predicted molar refractivity (Wildman–Crippen MR) is 107 cm³/mol. The summed E-state index contributed by atoms with van der Waals surface area (Å²) in [5.74, 6) is 0. The van der Waals surface area contributed by atoms with Crippen LogP contribution < -0.4 is 11.1 Å². The van der Waals surface area contributed by atoms with Crippen LogP contribution in [0.3, 0.4) is 0 Å². The van der Waals surface area contributed by atoms with E-state index in [1.54, 1.807) is 0 Å². The zero-order valence-corrected chi connectivity index (χ0v) is 14.5. The third kappa shape index (κ3) is 4.59. The number of rotatable bonds is 6. The highest BCUT2D eigenvalue weighted by atomic mass is 14.9. The van der Waals surface area contributed by atoms with Crippen LogP contribution in [0.1, 0.15) is 29.7 Å². The molecular weight excluding hydrogens is 304 g/mol. The fraction of sp³-hybridized carbons (Fsp3) is 0.130. The number of hydrogen-bond acceptors (Lipinski definition) is 2. The molecule has 0 spiro atoms. The molecule has 3 aromatic carbocycles. The molecule has 0 amide bonds. The molecule has 0 heterocycles. The average Bonchev–Trinajstić information content (AvgIpc) is 2.67. The highest BCUT2D eigenvalue weighted by molar-refractivity contribution is 5.80. The Morgan fingerprint density at radius 2 is 1.40 bits per heavy atom. The number of nitrogen functional groups attached to an aromatic ring is 1. The largest absolute Gasteiger partial charge is 0.399 e. The van der Waals surface area contributed by atoms with Gasteiger partial charge in [0.2, 0.25) is 0 Å². The molecular formula is C23H24N2. The molecule has 0 fully saturated rings. The van der Waals surface area contributed by atoms with Crippen LogP contribution in [0, 0.1) is 0 Å². The van der Waals surface area contributed by atoms with E-state index in [-0.39, 0.29) is 0 Å². The number of benzene rings is 3. The average molecular weight is 328 g/mol. The van der Waals surface area contributed by atoms with E-state index in [0.717, 1.165) is 12.2 Å². The molecule has 3 aromatic rings. The smallest absolute Gasteiger partial charge is 0.0314 e. The maximum atomic E-state index is 5.84. The lowest BCUT2D eigenvalue weighted by Gasteiger charge is -2.14.